The monoisotopic (exact) mass is 265 g/mol. The lowest BCUT2D eigenvalue weighted by Crippen LogP contribution is -2.22. The van der Waals surface area contributed by atoms with Crippen LogP contribution in [-0.4, -0.2) is 34.5 Å². The van der Waals surface area contributed by atoms with Crippen molar-refractivity contribution in [2.75, 3.05) is 13.1 Å². The van der Waals surface area contributed by atoms with E-state index in [2.05, 4.69) is 10.1 Å². The maximum atomic E-state index is 10.6. The van der Waals surface area contributed by atoms with Crippen LogP contribution in [0.1, 0.15) is 19.2 Å². The maximum Gasteiger partial charge on any atom is 0.227 e. The van der Waals surface area contributed by atoms with Crippen molar-refractivity contribution in [3.8, 4) is 11.4 Å². The van der Waals surface area contributed by atoms with Crippen LogP contribution in [0, 0.1) is 0 Å². The van der Waals surface area contributed by atoms with Crippen molar-refractivity contribution in [1.82, 2.24) is 15.0 Å². The Morgan fingerprint density at radius 3 is 3.11 bits per heavy atom. The van der Waals surface area contributed by atoms with Crippen LogP contribution < -0.4 is 0 Å². The maximum absolute atomic E-state index is 10.6. The van der Waals surface area contributed by atoms with Gasteiger partial charge in [-0.2, -0.15) is 16.3 Å². The smallest absolute Gasteiger partial charge is 0.227 e. The lowest BCUT2D eigenvalue weighted by Gasteiger charge is -2.12. The topological polar surface area (TPSA) is 59.2 Å². The van der Waals surface area contributed by atoms with Gasteiger partial charge in [0.1, 0.15) is 0 Å². The molecule has 2 aromatic rings. The number of aryl methyl sites for hydroxylation is 1. The van der Waals surface area contributed by atoms with Crippen molar-refractivity contribution in [2.45, 2.75) is 19.8 Å². The number of amides is 1. The van der Waals surface area contributed by atoms with Gasteiger partial charge in [0.05, 0.1) is 0 Å². The number of carbonyl (C=O) groups is 1. The summed E-state index contributed by atoms with van der Waals surface area (Å²) in [5.74, 6) is 1.26. The summed E-state index contributed by atoms with van der Waals surface area (Å²) in [6.45, 7) is 3.40. The van der Waals surface area contributed by atoms with Crippen molar-refractivity contribution in [3.63, 3.8) is 0 Å². The molecular weight excluding hydrogens is 250 g/mol. The number of carbonyl (C=O) groups excluding carboxylic acids is 1. The van der Waals surface area contributed by atoms with Gasteiger partial charge in [0, 0.05) is 30.5 Å². The largest absolute Gasteiger partial charge is 0.346 e. The van der Waals surface area contributed by atoms with E-state index >= 15 is 0 Å². The van der Waals surface area contributed by atoms with E-state index in [-0.39, 0.29) is 0 Å². The van der Waals surface area contributed by atoms with E-state index in [1.165, 1.54) is 0 Å². The van der Waals surface area contributed by atoms with Gasteiger partial charge < -0.3 is 9.42 Å². The highest BCUT2D eigenvalue weighted by Gasteiger charge is 2.09. The van der Waals surface area contributed by atoms with Gasteiger partial charge in [0.25, 0.3) is 0 Å². The normalized spacial score (nSPS) is 10.5. The first kappa shape index (κ1) is 12.8. The summed E-state index contributed by atoms with van der Waals surface area (Å²) in [6, 6.07) is 1.96. The highest BCUT2D eigenvalue weighted by atomic mass is 32.1. The zero-order valence-corrected chi connectivity index (χ0v) is 11.0. The van der Waals surface area contributed by atoms with Crippen molar-refractivity contribution < 1.29 is 9.32 Å². The van der Waals surface area contributed by atoms with Gasteiger partial charge in [-0.25, -0.2) is 0 Å². The first-order valence-electron chi connectivity index (χ1n) is 5.88. The molecule has 2 heterocycles. The summed E-state index contributed by atoms with van der Waals surface area (Å²) in [5.41, 5.74) is 0.984. The molecule has 0 fully saturated rings. The second-order valence-corrected chi connectivity index (χ2v) is 4.64. The average Bonchev–Trinajstić information content (AvgIpc) is 3.05. The molecule has 0 spiro atoms. The molecule has 0 radical (unpaired) electrons. The van der Waals surface area contributed by atoms with Crippen molar-refractivity contribution in [3.05, 3.63) is 22.7 Å². The molecule has 0 aliphatic carbocycles. The molecule has 0 aliphatic heterocycles. The Morgan fingerprint density at radius 2 is 2.44 bits per heavy atom. The molecule has 0 saturated carbocycles. The minimum atomic E-state index is 0.623. The van der Waals surface area contributed by atoms with Crippen LogP contribution in [0.3, 0.4) is 0 Å². The molecule has 18 heavy (non-hydrogen) atoms. The fraction of sp³-hybridized carbons (Fsp3) is 0.417. The molecule has 2 aromatic heterocycles. The van der Waals surface area contributed by atoms with Gasteiger partial charge >= 0.3 is 0 Å². The second-order valence-electron chi connectivity index (χ2n) is 3.86. The lowest BCUT2D eigenvalue weighted by atomic mass is 10.3. The van der Waals surface area contributed by atoms with Gasteiger partial charge in [-0.05, 0) is 24.8 Å². The van der Waals surface area contributed by atoms with Crippen molar-refractivity contribution >= 4 is 17.7 Å². The first-order valence-corrected chi connectivity index (χ1v) is 6.82. The van der Waals surface area contributed by atoms with E-state index in [4.69, 9.17) is 4.52 Å². The van der Waals surface area contributed by atoms with Crippen LogP contribution >= 0.6 is 11.3 Å². The van der Waals surface area contributed by atoms with E-state index in [1.807, 2.05) is 23.8 Å². The SMILES string of the molecule is CCN(C=O)CCCc1nc(-c2ccsc2)no1. The third-order valence-electron chi connectivity index (χ3n) is 2.64. The molecule has 0 saturated heterocycles. The molecule has 0 atom stereocenters. The molecule has 0 aromatic carbocycles. The summed E-state index contributed by atoms with van der Waals surface area (Å²) >= 11 is 1.60. The summed E-state index contributed by atoms with van der Waals surface area (Å²) in [6.07, 6.45) is 2.39. The molecule has 96 valence electrons. The van der Waals surface area contributed by atoms with Gasteiger partial charge in [-0.3, -0.25) is 4.79 Å². The Labute approximate surface area is 109 Å². The number of thiophene rings is 1. The number of hydrogen-bond acceptors (Lipinski definition) is 5. The van der Waals surface area contributed by atoms with E-state index in [0.29, 0.717) is 18.1 Å². The molecule has 1 amide bonds. The Kier molecular flexibility index (Phi) is 4.46. The van der Waals surface area contributed by atoms with Crippen LogP contribution in [0.25, 0.3) is 11.4 Å². The Hall–Kier alpha value is -1.69. The molecule has 0 N–H and O–H groups in total. The standard InChI is InChI=1S/C12H15N3O2S/c1-2-15(9-16)6-3-4-11-13-12(14-17-11)10-5-7-18-8-10/h5,7-9H,2-4,6H2,1H3. The number of aromatic nitrogens is 2. The van der Waals surface area contributed by atoms with Gasteiger partial charge in [-0.1, -0.05) is 5.16 Å². The van der Waals surface area contributed by atoms with Crippen molar-refractivity contribution in [1.29, 1.82) is 0 Å². The van der Waals surface area contributed by atoms with Crippen LogP contribution in [0.4, 0.5) is 0 Å². The number of rotatable bonds is 7. The van der Waals surface area contributed by atoms with E-state index < -0.39 is 0 Å². The van der Waals surface area contributed by atoms with Crippen LogP contribution in [0.2, 0.25) is 0 Å². The van der Waals surface area contributed by atoms with E-state index in [1.54, 1.807) is 16.2 Å². The minimum Gasteiger partial charge on any atom is -0.346 e. The van der Waals surface area contributed by atoms with Crippen LogP contribution in [0.15, 0.2) is 21.3 Å². The summed E-state index contributed by atoms with van der Waals surface area (Å²) in [4.78, 5) is 16.7. The number of hydrogen-bond donors (Lipinski definition) is 0. The van der Waals surface area contributed by atoms with Gasteiger partial charge in [0.15, 0.2) is 0 Å². The third kappa shape index (κ3) is 3.16. The first-order chi connectivity index (χ1) is 8.83. The molecule has 0 aliphatic rings. The summed E-state index contributed by atoms with van der Waals surface area (Å²) < 4.78 is 5.17. The zero-order chi connectivity index (χ0) is 12.8. The fourth-order valence-electron chi connectivity index (χ4n) is 1.58. The lowest BCUT2D eigenvalue weighted by molar-refractivity contribution is -0.118. The van der Waals surface area contributed by atoms with E-state index in [0.717, 1.165) is 31.5 Å². The summed E-state index contributed by atoms with van der Waals surface area (Å²) in [7, 11) is 0. The third-order valence-corrected chi connectivity index (χ3v) is 3.32. The predicted molar refractivity (Wildman–Crippen MR) is 69.2 cm³/mol. The van der Waals surface area contributed by atoms with Crippen molar-refractivity contribution in [2.24, 2.45) is 0 Å². The van der Waals surface area contributed by atoms with E-state index in [9.17, 15) is 4.79 Å². The van der Waals surface area contributed by atoms with Gasteiger partial charge in [-0.15, -0.1) is 0 Å². The average molecular weight is 265 g/mol. The number of nitrogens with zero attached hydrogens (tertiary/aromatic N) is 3. The fourth-order valence-corrected chi connectivity index (χ4v) is 2.22. The highest BCUT2D eigenvalue weighted by Crippen LogP contribution is 2.18. The van der Waals surface area contributed by atoms with Crippen LogP contribution in [0.5, 0.6) is 0 Å². The predicted octanol–water partition coefficient (Wildman–Crippen LogP) is 2.21. The Balaban J connectivity index is 1.86. The van der Waals surface area contributed by atoms with Crippen LogP contribution in [-0.2, 0) is 11.2 Å². The zero-order valence-electron chi connectivity index (χ0n) is 10.2. The molecular formula is C12H15N3O2S. The molecule has 0 unspecified atom stereocenters. The highest BCUT2D eigenvalue weighted by molar-refractivity contribution is 7.08. The molecule has 0 bridgehead atoms. The van der Waals surface area contributed by atoms with Gasteiger partial charge in [0.2, 0.25) is 18.1 Å². The Morgan fingerprint density at radius 1 is 1.56 bits per heavy atom. The Bertz CT molecular complexity index is 481. The minimum absolute atomic E-state index is 0.623. The quantitative estimate of drug-likeness (QED) is 0.720. The molecule has 5 nitrogen and oxygen atoms in total. The molecule has 2 rings (SSSR count). The summed E-state index contributed by atoms with van der Waals surface area (Å²) in [5, 5.41) is 7.90. The molecule has 6 heteroatoms. The second kappa shape index (κ2) is 6.30.